The summed E-state index contributed by atoms with van der Waals surface area (Å²) in [5.41, 5.74) is 16.8. The van der Waals surface area contributed by atoms with E-state index in [1.165, 1.54) is 0 Å². The normalized spacial score (nSPS) is 15.4. The van der Waals surface area contributed by atoms with Crippen LogP contribution in [0.15, 0.2) is 41.2 Å². The minimum atomic E-state index is -0.293. The number of pyridine rings is 1. The van der Waals surface area contributed by atoms with Crippen molar-refractivity contribution in [1.82, 2.24) is 19.9 Å². The number of aromatic nitrogens is 3. The molecular formula is C21H23N7O. The molecule has 8 nitrogen and oxygen atoms in total. The Hall–Kier alpha value is -3.52. The quantitative estimate of drug-likeness (QED) is 0.389. The minimum Gasteiger partial charge on any atom is -0.398 e. The molecule has 0 radical (unpaired) electrons. The number of piperazine rings is 1. The molecule has 0 saturated carbocycles. The molecule has 8 heteroatoms. The second-order valence-electron chi connectivity index (χ2n) is 7.59. The lowest BCUT2D eigenvalue weighted by atomic mass is 10.1. The summed E-state index contributed by atoms with van der Waals surface area (Å²) in [4.78, 5) is 28.2. The molecule has 29 heavy (non-hydrogen) atoms. The zero-order valence-electron chi connectivity index (χ0n) is 16.2. The summed E-state index contributed by atoms with van der Waals surface area (Å²) < 4.78 is 0. The molecule has 0 bridgehead atoms. The van der Waals surface area contributed by atoms with E-state index in [1.807, 2.05) is 6.07 Å². The Bertz CT molecular complexity index is 1280. The number of likely N-dealkylation sites (N-methyl/N-ethyl adjacent to an activating group) is 1. The second-order valence-corrected chi connectivity index (χ2v) is 7.59. The topological polar surface area (TPSA) is 120 Å². The van der Waals surface area contributed by atoms with Crippen LogP contribution < -0.4 is 21.9 Å². The van der Waals surface area contributed by atoms with Gasteiger partial charge in [0.15, 0.2) is 0 Å². The monoisotopic (exact) mass is 389 g/mol. The van der Waals surface area contributed by atoms with Crippen molar-refractivity contribution in [2.24, 2.45) is 0 Å². The van der Waals surface area contributed by atoms with Crippen molar-refractivity contribution in [1.29, 1.82) is 0 Å². The fourth-order valence-corrected chi connectivity index (χ4v) is 4.02. The number of nitrogens with two attached hydrogens (primary N) is 2. The molecule has 2 aromatic carbocycles. The van der Waals surface area contributed by atoms with Gasteiger partial charge in [-0.1, -0.05) is 6.07 Å². The van der Waals surface area contributed by atoms with E-state index < -0.39 is 0 Å². The van der Waals surface area contributed by atoms with Crippen molar-refractivity contribution in [3.63, 3.8) is 0 Å². The zero-order valence-corrected chi connectivity index (χ0v) is 16.2. The summed E-state index contributed by atoms with van der Waals surface area (Å²) >= 11 is 0. The van der Waals surface area contributed by atoms with Gasteiger partial charge >= 0.3 is 0 Å². The zero-order chi connectivity index (χ0) is 20.1. The number of aromatic amines is 2. The number of imidazole rings is 1. The van der Waals surface area contributed by atoms with Crippen LogP contribution in [0.2, 0.25) is 0 Å². The highest BCUT2D eigenvalue weighted by Crippen LogP contribution is 2.32. The maximum absolute atomic E-state index is 12.7. The maximum atomic E-state index is 12.7. The van der Waals surface area contributed by atoms with E-state index in [0.29, 0.717) is 33.7 Å². The molecule has 1 aliphatic heterocycles. The molecule has 1 fully saturated rings. The number of anilines is 3. The second kappa shape index (κ2) is 6.52. The highest BCUT2D eigenvalue weighted by molar-refractivity contribution is 6.04. The lowest BCUT2D eigenvalue weighted by Crippen LogP contribution is -2.44. The number of hydrogen-bond acceptors (Lipinski definition) is 6. The first-order valence-corrected chi connectivity index (χ1v) is 9.65. The van der Waals surface area contributed by atoms with E-state index >= 15 is 0 Å². The molecule has 4 aromatic rings. The number of nitrogens with one attached hydrogen (secondary N) is 2. The van der Waals surface area contributed by atoms with Crippen LogP contribution in [0.3, 0.4) is 0 Å². The number of nitrogens with zero attached hydrogens (tertiary/aromatic N) is 3. The van der Waals surface area contributed by atoms with Gasteiger partial charge in [0.1, 0.15) is 11.4 Å². The number of H-pyrrole nitrogens is 2. The predicted octanol–water partition coefficient (Wildman–Crippen LogP) is 1.99. The van der Waals surface area contributed by atoms with Crippen LogP contribution in [-0.2, 0) is 0 Å². The molecule has 6 N–H and O–H groups in total. The van der Waals surface area contributed by atoms with Gasteiger partial charge in [-0.05, 0) is 37.4 Å². The van der Waals surface area contributed by atoms with Crippen LogP contribution in [-0.4, -0.2) is 53.1 Å². The summed E-state index contributed by atoms with van der Waals surface area (Å²) in [6.45, 7) is 4.05. The molecule has 5 rings (SSSR count). The van der Waals surface area contributed by atoms with Crippen LogP contribution in [0.1, 0.15) is 0 Å². The number of fused-ring (bicyclic) bond motifs is 2. The van der Waals surface area contributed by atoms with E-state index in [9.17, 15) is 4.79 Å². The van der Waals surface area contributed by atoms with Gasteiger partial charge in [0.2, 0.25) is 0 Å². The number of benzene rings is 2. The van der Waals surface area contributed by atoms with Gasteiger partial charge in [-0.15, -0.1) is 0 Å². The average Bonchev–Trinajstić information content (AvgIpc) is 3.11. The molecule has 0 atom stereocenters. The molecular weight excluding hydrogens is 366 g/mol. The van der Waals surface area contributed by atoms with Crippen molar-refractivity contribution in [3.05, 3.63) is 46.8 Å². The van der Waals surface area contributed by atoms with Crippen molar-refractivity contribution in [3.8, 4) is 11.4 Å². The van der Waals surface area contributed by atoms with Gasteiger partial charge < -0.3 is 31.2 Å². The van der Waals surface area contributed by atoms with Gasteiger partial charge in [-0.2, -0.15) is 0 Å². The van der Waals surface area contributed by atoms with Gasteiger partial charge in [0.05, 0.1) is 22.2 Å². The van der Waals surface area contributed by atoms with Crippen molar-refractivity contribution in [2.45, 2.75) is 0 Å². The summed E-state index contributed by atoms with van der Waals surface area (Å²) in [6, 6.07) is 11.5. The van der Waals surface area contributed by atoms with Gasteiger partial charge in [-0.3, -0.25) is 4.79 Å². The Morgan fingerprint density at radius 2 is 1.79 bits per heavy atom. The van der Waals surface area contributed by atoms with Crippen molar-refractivity contribution < 1.29 is 0 Å². The van der Waals surface area contributed by atoms with Crippen LogP contribution >= 0.6 is 0 Å². The first-order chi connectivity index (χ1) is 14.0. The molecule has 0 unspecified atom stereocenters. The molecule has 0 spiro atoms. The molecule has 1 aliphatic rings. The average molecular weight is 389 g/mol. The van der Waals surface area contributed by atoms with Crippen molar-refractivity contribution >= 4 is 39.0 Å². The summed E-state index contributed by atoms with van der Waals surface area (Å²) in [5, 5.41) is 0.640. The Balaban J connectivity index is 1.61. The molecule has 0 amide bonds. The number of rotatable bonds is 2. The summed E-state index contributed by atoms with van der Waals surface area (Å²) in [7, 11) is 2.14. The largest absolute Gasteiger partial charge is 0.398 e. The van der Waals surface area contributed by atoms with Crippen molar-refractivity contribution in [2.75, 3.05) is 49.6 Å². The first-order valence-electron chi connectivity index (χ1n) is 9.65. The van der Waals surface area contributed by atoms with E-state index in [1.54, 1.807) is 18.2 Å². The van der Waals surface area contributed by atoms with E-state index in [0.717, 1.165) is 42.9 Å². The van der Waals surface area contributed by atoms with E-state index in [4.69, 9.17) is 11.5 Å². The SMILES string of the molecule is CN1CCN(c2ccc3nc(-c4c(N)c5c(N)cccc5[nH]c4=O)[nH]c3c2)CC1. The number of hydrogen-bond donors (Lipinski definition) is 4. The third-order valence-electron chi connectivity index (χ3n) is 5.68. The Kier molecular flexibility index (Phi) is 3.95. The van der Waals surface area contributed by atoms with Crippen LogP contribution in [0.25, 0.3) is 33.3 Å². The van der Waals surface area contributed by atoms with E-state index in [2.05, 4.69) is 43.9 Å². The third kappa shape index (κ3) is 2.89. The van der Waals surface area contributed by atoms with Gasteiger partial charge in [0.25, 0.3) is 5.56 Å². The fourth-order valence-electron chi connectivity index (χ4n) is 4.02. The lowest BCUT2D eigenvalue weighted by Gasteiger charge is -2.34. The Morgan fingerprint density at radius 1 is 1.00 bits per heavy atom. The van der Waals surface area contributed by atoms with Gasteiger partial charge in [-0.25, -0.2) is 4.98 Å². The predicted molar refractivity (Wildman–Crippen MR) is 118 cm³/mol. The molecule has 1 saturated heterocycles. The lowest BCUT2D eigenvalue weighted by molar-refractivity contribution is 0.313. The smallest absolute Gasteiger partial charge is 0.261 e. The minimum absolute atomic E-state index is 0.293. The fraction of sp³-hybridized carbons (Fsp3) is 0.238. The first kappa shape index (κ1) is 17.6. The molecule has 2 aromatic heterocycles. The summed E-state index contributed by atoms with van der Waals surface area (Å²) in [6.07, 6.45) is 0. The van der Waals surface area contributed by atoms with Crippen LogP contribution in [0, 0.1) is 0 Å². The molecule has 0 aliphatic carbocycles. The highest BCUT2D eigenvalue weighted by atomic mass is 16.1. The highest BCUT2D eigenvalue weighted by Gasteiger charge is 2.19. The standard InChI is InChI=1S/C21H23N7O/c1-27-7-9-28(10-8-27)12-5-6-14-16(11-12)25-20(24-14)18-19(23)17-13(22)3-2-4-15(17)26-21(18)29/h2-6,11H,7-10,22H2,1H3,(H,24,25)(H3,23,26,29). The Morgan fingerprint density at radius 3 is 2.59 bits per heavy atom. The van der Waals surface area contributed by atoms with Gasteiger partial charge in [0, 0.05) is 42.9 Å². The molecule has 3 heterocycles. The Labute approximate surface area is 167 Å². The van der Waals surface area contributed by atoms with Crippen LogP contribution in [0.5, 0.6) is 0 Å². The van der Waals surface area contributed by atoms with E-state index in [-0.39, 0.29) is 5.56 Å². The molecule has 148 valence electrons. The van der Waals surface area contributed by atoms with Crippen LogP contribution in [0.4, 0.5) is 17.1 Å². The number of nitrogen functional groups attached to an aromatic ring is 2. The maximum Gasteiger partial charge on any atom is 0.261 e. The third-order valence-corrected chi connectivity index (χ3v) is 5.68. The summed E-state index contributed by atoms with van der Waals surface area (Å²) in [5.74, 6) is 0.444.